The molecule has 0 aliphatic heterocycles. The van der Waals surface area contributed by atoms with Gasteiger partial charge >= 0.3 is 5.97 Å². The normalized spacial score (nSPS) is 18.2. The third-order valence-corrected chi connectivity index (χ3v) is 9.93. The van der Waals surface area contributed by atoms with Crippen LogP contribution in [0, 0.1) is 6.92 Å². The van der Waals surface area contributed by atoms with E-state index in [1.54, 1.807) is 18.4 Å². The second kappa shape index (κ2) is 11.9. The minimum atomic E-state index is -1.15. The minimum absolute atomic E-state index is 0.331. The Morgan fingerprint density at radius 3 is 2.39 bits per heavy atom. The van der Waals surface area contributed by atoms with Crippen molar-refractivity contribution in [1.29, 1.82) is 0 Å². The highest BCUT2D eigenvalue weighted by atomic mass is 35.5. The Labute approximate surface area is 266 Å². The van der Waals surface area contributed by atoms with Crippen molar-refractivity contribution in [2.75, 3.05) is 7.11 Å². The Kier molecular flexibility index (Phi) is 8.30. The maximum Gasteiger partial charge on any atom is 0.337 e. The summed E-state index contributed by atoms with van der Waals surface area (Å²) in [7, 11) is 3.80. The summed E-state index contributed by atoms with van der Waals surface area (Å²) in [5.41, 5.74) is 6.54. The Morgan fingerprint density at radius 1 is 1.07 bits per heavy atom. The number of aliphatic carboxylic acids is 1. The van der Waals surface area contributed by atoms with E-state index in [2.05, 4.69) is 18.2 Å². The van der Waals surface area contributed by atoms with Crippen LogP contribution < -0.4 is 0 Å². The number of carbonyl (C=O) groups is 1. The highest BCUT2D eigenvalue weighted by molar-refractivity contribution is 7.22. The quantitative estimate of drug-likeness (QED) is 0.193. The van der Waals surface area contributed by atoms with Crippen molar-refractivity contribution < 1.29 is 19.4 Å². The van der Waals surface area contributed by atoms with E-state index in [-0.39, 0.29) is 0 Å². The first kappa shape index (κ1) is 30.7. The van der Waals surface area contributed by atoms with Gasteiger partial charge in [0, 0.05) is 47.2 Å². The van der Waals surface area contributed by atoms with Gasteiger partial charge in [-0.1, -0.05) is 23.7 Å². The predicted octanol–water partition coefficient (Wildman–Crippen LogP) is 9.09. The smallest absolute Gasteiger partial charge is 0.337 e. The number of rotatable bonds is 7. The van der Waals surface area contributed by atoms with Gasteiger partial charge < -0.3 is 14.6 Å². The molecule has 1 N–H and O–H groups in total. The molecule has 0 bridgehead atoms. The predicted molar refractivity (Wildman–Crippen MR) is 178 cm³/mol. The molecule has 1 aliphatic rings. The van der Waals surface area contributed by atoms with E-state index < -0.39 is 17.7 Å². The molecule has 0 radical (unpaired) electrons. The maximum absolute atomic E-state index is 12.7. The van der Waals surface area contributed by atoms with Crippen molar-refractivity contribution in [3.63, 3.8) is 0 Å². The van der Waals surface area contributed by atoms with Crippen molar-refractivity contribution in [2.24, 2.45) is 7.05 Å². The van der Waals surface area contributed by atoms with Crippen LogP contribution in [0.4, 0.5) is 0 Å². The van der Waals surface area contributed by atoms with Crippen LogP contribution in [0.2, 0.25) is 5.02 Å². The highest BCUT2D eigenvalue weighted by Crippen LogP contribution is 2.45. The van der Waals surface area contributed by atoms with Crippen molar-refractivity contribution in [2.45, 2.75) is 77.1 Å². The minimum Gasteiger partial charge on any atom is -0.479 e. The summed E-state index contributed by atoms with van der Waals surface area (Å²) in [6, 6.07) is 16.0. The van der Waals surface area contributed by atoms with Crippen molar-refractivity contribution in [3.05, 3.63) is 70.4 Å². The number of carboxylic acid groups (broad SMARTS) is 1. The fourth-order valence-corrected chi connectivity index (χ4v) is 7.71. The number of nitrogens with zero attached hydrogens (tertiary/aromatic N) is 3. The number of halogens is 1. The number of thiazole rings is 1. The summed E-state index contributed by atoms with van der Waals surface area (Å²) in [5, 5.41) is 18.0. The van der Waals surface area contributed by atoms with Gasteiger partial charge in [-0.05, 0) is 101 Å². The molecule has 0 saturated heterocycles. The number of hydrogen-bond donors (Lipinski definition) is 1. The molecule has 2 aromatic heterocycles. The Morgan fingerprint density at radius 2 is 1.75 bits per heavy atom. The lowest BCUT2D eigenvalue weighted by atomic mass is 9.84. The Bertz CT molecular complexity index is 1850. The Balaban J connectivity index is 1.51. The fraction of sp³-hybridized carbons (Fsp3) is 0.400. The average molecular weight is 632 g/mol. The van der Waals surface area contributed by atoms with Crippen molar-refractivity contribution >= 4 is 50.0 Å². The van der Waals surface area contributed by atoms with Crippen molar-refractivity contribution in [1.82, 2.24) is 14.8 Å². The van der Waals surface area contributed by atoms with Gasteiger partial charge in [0.15, 0.2) is 6.10 Å². The first-order chi connectivity index (χ1) is 20.9. The maximum atomic E-state index is 12.7. The molecule has 1 saturated carbocycles. The third-order valence-electron chi connectivity index (χ3n) is 8.54. The van der Waals surface area contributed by atoms with E-state index in [1.807, 2.05) is 69.8 Å². The zero-order valence-electron chi connectivity index (χ0n) is 26.0. The number of benzene rings is 3. The van der Waals surface area contributed by atoms with Gasteiger partial charge in [0.1, 0.15) is 5.01 Å². The number of methoxy groups -OCH3 is 1. The van der Waals surface area contributed by atoms with Crippen LogP contribution in [0.5, 0.6) is 0 Å². The number of hydrogen-bond acceptors (Lipinski definition) is 6. The molecular formula is C35H38ClN3O4S. The van der Waals surface area contributed by atoms with E-state index >= 15 is 0 Å². The van der Waals surface area contributed by atoms with E-state index in [0.717, 1.165) is 79.8 Å². The lowest BCUT2D eigenvalue weighted by Gasteiger charge is -2.28. The lowest BCUT2D eigenvalue weighted by molar-refractivity contribution is -0.160. The lowest BCUT2D eigenvalue weighted by Crippen LogP contribution is -2.28. The topological polar surface area (TPSA) is 86.5 Å². The molecule has 1 fully saturated rings. The van der Waals surface area contributed by atoms with Crippen LogP contribution in [0.3, 0.4) is 0 Å². The second-order valence-corrected chi connectivity index (χ2v) is 14.2. The molecule has 230 valence electrons. The molecule has 1 aliphatic carbocycles. The van der Waals surface area contributed by atoms with E-state index in [9.17, 15) is 9.90 Å². The van der Waals surface area contributed by atoms with Gasteiger partial charge in [0.05, 0.1) is 33.1 Å². The van der Waals surface area contributed by atoms with Crippen LogP contribution in [-0.2, 0) is 21.3 Å². The van der Waals surface area contributed by atoms with Gasteiger partial charge in [-0.2, -0.15) is 5.10 Å². The summed E-state index contributed by atoms with van der Waals surface area (Å²) in [6.45, 7) is 7.54. The molecule has 44 heavy (non-hydrogen) atoms. The number of ether oxygens (including phenoxy) is 2. The van der Waals surface area contributed by atoms with Crippen molar-refractivity contribution in [3.8, 4) is 21.7 Å². The molecule has 6 rings (SSSR count). The first-order valence-electron chi connectivity index (χ1n) is 15.0. The van der Waals surface area contributed by atoms with Crippen LogP contribution in [0.1, 0.15) is 75.3 Å². The monoisotopic (exact) mass is 631 g/mol. The first-order valence-corrected chi connectivity index (χ1v) is 16.2. The summed E-state index contributed by atoms with van der Waals surface area (Å²) in [5.74, 6) is -0.635. The summed E-state index contributed by atoms with van der Waals surface area (Å²) in [4.78, 5) is 17.8. The fourth-order valence-electron chi connectivity index (χ4n) is 6.46. The molecule has 0 spiro atoms. The van der Waals surface area contributed by atoms with Gasteiger partial charge in [-0.15, -0.1) is 11.3 Å². The summed E-state index contributed by atoms with van der Waals surface area (Å²) in [6.07, 6.45) is 3.38. The number of aryl methyl sites for hydroxylation is 2. The molecule has 1 atom stereocenters. The number of carboxylic acids is 1. The van der Waals surface area contributed by atoms with Crippen LogP contribution in [0.25, 0.3) is 42.8 Å². The van der Waals surface area contributed by atoms with E-state index in [4.69, 9.17) is 31.2 Å². The largest absolute Gasteiger partial charge is 0.479 e. The SMILES string of the molecule is COC1CCC(c2nn(C)c3ccc(-c4nc5cc(C)c([C@H](OC(C)(C)C)C(=O)O)c(-c6ccc(Cl)cc6)c5s4)cc23)CC1. The molecule has 7 nitrogen and oxygen atoms in total. The standard InChI is InChI=1S/C35H38ClN3O4S/c1-19-17-26-32(29(20-7-12-23(36)13-8-20)28(19)31(34(40)41)43-35(2,3)4)44-33(37-26)22-11-16-27-25(18-22)30(38-39(27)5)21-9-14-24(42-6)15-10-21/h7-8,11-13,16-18,21,24,31H,9-10,14-15H2,1-6H3,(H,40,41)/t21?,24?,31-/m0/s1. The van der Waals surface area contributed by atoms with Crippen LogP contribution in [0.15, 0.2) is 48.5 Å². The molecular weight excluding hydrogens is 594 g/mol. The molecule has 5 aromatic rings. The molecule has 0 unspecified atom stereocenters. The van der Waals surface area contributed by atoms with Gasteiger partial charge in [-0.3, -0.25) is 4.68 Å². The van der Waals surface area contributed by atoms with Crippen LogP contribution in [-0.4, -0.2) is 44.7 Å². The number of aromatic nitrogens is 3. The zero-order chi connectivity index (χ0) is 31.3. The van der Waals surface area contributed by atoms with Gasteiger partial charge in [-0.25, -0.2) is 9.78 Å². The molecule has 0 amide bonds. The van der Waals surface area contributed by atoms with Crippen LogP contribution >= 0.6 is 22.9 Å². The van der Waals surface area contributed by atoms with Gasteiger partial charge in [0.25, 0.3) is 0 Å². The Hall–Kier alpha value is -3.30. The molecule has 2 heterocycles. The average Bonchev–Trinajstić information content (AvgIpc) is 3.56. The van der Waals surface area contributed by atoms with E-state index in [1.165, 1.54) is 0 Å². The third kappa shape index (κ3) is 5.88. The second-order valence-electron chi connectivity index (χ2n) is 12.8. The van der Waals surface area contributed by atoms with E-state index in [0.29, 0.717) is 22.6 Å². The highest BCUT2D eigenvalue weighted by Gasteiger charge is 2.32. The summed E-state index contributed by atoms with van der Waals surface area (Å²) >= 11 is 7.83. The zero-order valence-corrected chi connectivity index (χ0v) is 27.6. The van der Waals surface area contributed by atoms with Gasteiger partial charge in [0.2, 0.25) is 0 Å². The molecule has 9 heteroatoms. The number of fused-ring (bicyclic) bond motifs is 2. The summed E-state index contributed by atoms with van der Waals surface area (Å²) < 4.78 is 14.7. The molecule has 3 aromatic carbocycles.